The Balaban J connectivity index is 1.12. The van der Waals surface area contributed by atoms with Crippen LogP contribution < -0.4 is 15.1 Å². The number of carbonyl (C=O) groups excluding carboxylic acids is 2. The molecule has 0 unspecified atom stereocenters. The number of nitrogens with one attached hydrogen (secondary N) is 2. The first-order valence-corrected chi connectivity index (χ1v) is 15.8. The zero-order chi connectivity index (χ0) is 30.0. The van der Waals surface area contributed by atoms with Gasteiger partial charge in [-0.25, -0.2) is 0 Å². The minimum Gasteiger partial charge on any atom is -0.371 e. The van der Waals surface area contributed by atoms with Crippen LogP contribution in [-0.2, 0) is 16.1 Å². The molecule has 3 heterocycles. The summed E-state index contributed by atoms with van der Waals surface area (Å²) >= 11 is 0. The van der Waals surface area contributed by atoms with Crippen LogP contribution in [-0.4, -0.2) is 89.7 Å². The van der Waals surface area contributed by atoms with Crippen LogP contribution in [0.15, 0.2) is 60.9 Å². The van der Waals surface area contributed by atoms with Crippen molar-refractivity contribution in [2.45, 2.75) is 57.7 Å². The van der Waals surface area contributed by atoms with Crippen LogP contribution >= 0.6 is 0 Å². The Kier molecular flexibility index (Phi) is 8.43. The van der Waals surface area contributed by atoms with Gasteiger partial charge in [0.1, 0.15) is 5.54 Å². The molecule has 228 valence electrons. The van der Waals surface area contributed by atoms with Crippen molar-refractivity contribution in [2.75, 3.05) is 56.1 Å². The van der Waals surface area contributed by atoms with Gasteiger partial charge in [-0.2, -0.15) is 5.10 Å². The number of aromatic amines is 1. The highest BCUT2D eigenvalue weighted by Gasteiger charge is 2.39. The SMILES string of the molecule is CN(c1cccc(N2CCC[C@@H](C(=O)N(Cc3ccc(-c4cn[nH]c4)cc3)C3CC3)C2)c1)C(C)(C)C(=O)N1CCNCC1. The minimum atomic E-state index is -0.669. The smallest absolute Gasteiger partial charge is 0.247 e. The van der Waals surface area contributed by atoms with Gasteiger partial charge in [0.25, 0.3) is 0 Å². The van der Waals surface area contributed by atoms with Gasteiger partial charge in [0.05, 0.1) is 12.1 Å². The zero-order valence-corrected chi connectivity index (χ0v) is 25.8. The van der Waals surface area contributed by atoms with Gasteiger partial charge in [-0.05, 0) is 68.9 Å². The van der Waals surface area contributed by atoms with Crippen LogP contribution in [0.3, 0.4) is 0 Å². The molecule has 3 aromatic rings. The van der Waals surface area contributed by atoms with E-state index in [9.17, 15) is 9.59 Å². The fraction of sp³-hybridized carbons (Fsp3) is 0.500. The average molecular weight is 584 g/mol. The predicted molar refractivity (Wildman–Crippen MR) is 171 cm³/mol. The Labute approximate surface area is 255 Å². The van der Waals surface area contributed by atoms with Crippen LogP contribution in [0, 0.1) is 5.92 Å². The fourth-order valence-electron chi connectivity index (χ4n) is 6.45. The van der Waals surface area contributed by atoms with Crippen molar-refractivity contribution in [3.63, 3.8) is 0 Å². The van der Waals surface area contributed by atoms with Gasteiger partial charge in [0.2, 0.25) is 11.8 Å². The third-order valence-electron chi connectivity index (χ3n) is 9.53. The van der Waals surface area contributed by atoms with E-state index in [-0.39, 0.29) is 17.7 Å². The number of anilines is 2. The number of hydrogen-bond donors (Lipinski definition) is 2. The highest BCUT2D eigenvalue weighted by atomic mass is 16.2. The van der Waals surface area contributed by atoms with E-state index in [0.717, 1.165) is 93.0 Å². The first-order valence-electron chi connectivity index (χ1n) is 15.8. The van der Waals surface area contributed by atoms with Crippen molar-refractivity contribution in [2.24, 2.45) is 5.92 Å². The van der Waals surface area contributed by atoms with Gasteiger partial charge in [-0.15, -0.1) is 0 Å². The van der Waals surface area contributed by atoms with Crippen LogP contribution in [0.4, 0.5) is 11.4 Å². The number of piperazine rings is 1. The summed E-state index contributed by atoms with van der Waals surface area (Å²) in [5.74, 6) is 0.413. The van der Waals surface area contributed by atoms with E-state index >= 15 is 0 Å². The lowest BCUT2D eigenvalue weighted by molar-refractivity contribution is -0.137. The van der Waals surface area contributed by atoms with Crippen molar-refractivity contribution in [1.29, 1.82) is 0 Å². The van der Waals surface area contributed by atoms with Crippen LogP contribution in [0.25, 0.3) is 11.1 Å². The van der Waals surface area contributed by atoms with Crippen molar-refractivity contribution < 1.29 is 9.59 Å². The summed E-state index contributed by atoms with van der Waals surface area (Å²) in [6.07, 6.45) is 7.81. The molecule has 1 aliphatic carbocycles. The molecule has 6 rings (SSSR count). The summed E-state index contributed by atoms with van der Waals surface area (Å²) < 4.78 is 0. The molecule has 9 heteroatoms. The maximum absolute atomic E-state index is 14.0. The number of likely N-dealkylation sites (N-methyl/N-ethyl adjacent to an activating group) is 1. The monoisotopic (exact) mass is 583 g/mol. The molecule has 0 spiro atoms. The summed E-state index contributed by atoms with van der Waals surface area (Å²) in [6.45, 7) is 9.49. The van der Waals surface area contributed by atoms with E-state index in [1.54, 1.807) is 0 Å². The number of hydrogen-bond acceptors (Lipinski definition) is 6. The van der Waals surface area contributed by atoms with Crippen LogP contribution in [0.2, 0.25) is 0 Å². The van der Waals surface area contributed by atoms with Crippen molar-refractivity contribution in [1.82, 2.24) is 25.3 Å². The molecule has 3 aliphatic rings. The fourth-order valence-corrected chi connectivity index (χ4v) is 6.45. The Morgan fingerprint density at radius 2 is 1.77 bits per heavy atom. The first-order chi connectivity index (χ1) is 20.8. The molecule has 1 aromatic heterocycles. The van der Waals surface area contributed by atoms with Crippen LogP contribution in [0.5, 0.6) is 0 Å². The Morgan fingerprint density at radius 3 is 2.47 bits per heavy atom. The van der Waals surface area contributed by atoms with E-state index in [4.69, 9.17) is 0 Å². The summed E-state index contributed by atoms with van der Waals surface area (Å²) in [6, 6.07) is 17.3. The maximum Gasteiger partial charge on any atom is 0.247 e. The van der Waals surface area contributed by atoms with Gasteiger partial charge in [0.15, 0.2) is 0 Å². The normalized spacial score (nSPS) is 19.3. The molecular weight excluding hydrogens is 538 g/mol. The Hall–Kier alpha value is -3.85. The van der Waals surface area contributed by atoms with Crippen molar-refractivity contribution in [3.05, 3.63) is 66.5 Å². The maximum atomic E-state index is 14.0. The Morgan fingerprint density at radius 1 is 1.00 bits per heavy atom. The van der Waals surface area contributed by atoms with Crippen molar-refractivity contribution >= 4 is 23.2 Å². The molecule has 2 aromatic carbocycles. The second-order valence-electron chi connectivity index (χ2n) is 12.8. The third kappa shape index (κ3) is 6.42. The number of aromatic nitrogens is 2. The molecule has 2 saturated heterocycles. The number of piperidine rings is 1. The lowest BCUT2D eigenvalue weighted by Gasteiger charge is -2.41. The number of amides is 2. The number of carbonyl (C=O) groups is 2. The van der Waals surface area contributed by atoms with E-state index in [0.29, 0.717) is 12.6 Å². The summed E-state index contributed by atoms with van der Waals surface area (Å²) in [4.78, 5) is 36.0. The molecule has 2 amide bonds. The van der Waals surface area contributed by atoms with Gasteiger partial charge < -0.3 is 24.9 Å². The van der Waals surface area contributed by atoms with Gasteiger partial charge in [-0.3, -0.25) is 14.7 Å². The standard InChI is InChI=1S/C34H45N7O2/c1-34(2,33(43)39-18-15-35-16-19-39)38(3)30-7-4-8-31(20-30)40-17-5-6-27(24-40)32(42)41(29-13-14-29)23-25-9-11-26(12-10-25)28-21-36-37-22-28/h4,7-12,20-22,27,29,35H,5-6,13-19,23-24H2,1-3H3,(H,36,37)/t27-/m1/s1. The molecular formula is C34H45N7O2. The van der Waals surface area contributed by atoms with E-state index in [2.05, 4.69) is 78.7 Å². The molecule has 3 fully saturated rings. The molecule has 0 radical (unpaired) electrons. The number of rotatable bonds is 9. The zero-order valence-electron chi connectivity index (χ0n) is 25.8. The Bertz CT molecular complexity index is 1390. The second-order valence-corrected chi connectivity index (χ2v) is 12.8. The molecule has 2 N–H and O–H groups in total. The quantitative estimate of drug-likeness (QED) is 0.394. The van der Waals surface area contributed by atoms with Gasteiger partial charge >= 0.3 is 0 Å². The van der Waals surface area contributed by atoms with E-state index < -0.39 is 5.54 Å². The molecule has 1 saturated carbocycles. The lowest BCUT2D eigenvalue weighted by atomic mass is 9.95. The number of H-pyrrole nitrogens is 1. The molecule has 9 nitrogen and oxygen atoms in total. The molecule has 1 atom stereocenters. The first kappa shape index (κ1) is 29.2. The van der Waals surface area contributed by atoms with E-state index in [1.165, 1.54) is 0 Å². The topological polar surface area (TPSA) is 87.8 Å². The van der Waals surface area contributed by atoms with Gasteiger partial charge in [-0.1, -0.05) is 30.3 Å². The highest BCUT2D eigenvalue weighted by Crippen LogP contribution is 2.34. The number of benzene rings is 2. The third-order valence-corrected chi connectivity index (χ3v) is 9.53. The highest BCUT2D eigenvalue weighted by molar-refractivity contribution is 5.89. The van der Waals surface area contributed by atoms with Crippen LogP contribution in [0.1, 0.15) is 45.1 Å². The van der Waals surface area contributed by atoms with E-state index in [1.807, 2.05) is 38.2 Å². The predicted octanol–water partition coefficient (Wildman–Crippen LogP) is 4.13. The average Bonchev–Trinajstić information content (AvgIpc) is 3.75. The van der Waals surface area contributed by atoms with Gasteiger partial charge in [0, 0.05) is 82.0 Å². The summed E-state index contributed by atoms with van der Waals surface area (Å²) in [5.41, 5.74) is 4.80. The largest absolute Gasteiger partial charge is 0.371 e. The second kappa shape index (κ2) is 12.4. The summed E-state index contributed by atoms with van der Waals surface area (Å²) in [7, 11) is 2.01. The number of nitrogens with zero attached hydrogens (tertiary/aromatic N) is 5. The molecule has 2 aliphatic heterocycles. The lowest BCUT2D eigenvalue weighted by Crippen LogP contribution is -2.58. The van der Waals surface area contributed by atoms with Crippen molar-refractivity contribution in [3.8, 4) is 11.1 Å². The molecule has 43 heavy (non-hydrogen) atoms. The summed E-state index contributed by atoms with van der Waals surface area (Å²) in [5, 5.41) is 10.3. The minimum absolute atomic E-state index is 0.0216. The molecule has 0 bridgehead atoms.